The minimum atomic E-state index is -3.57. The predicted octanol–water partition coefficient (Wildman–Crippen LogP) is 3.68. The largest absolute Gasteiger partial charge is 0.495 e. The summed E-state index contributed by atoms with van der Waals surface area (Å²) in [5, 5.41) is 0. The highest BCUT2D eigenvalue weighted by Crippen LogP contribution is 2.30. The van der Waals surface area contributed by atoms with E-state index in [9.17, 15) is 8.42 Å². The summed E-state index contributed by atoms with van der Waals surface area (Å²) >= 11 is 0. The van der Waals surface area contributed by atoms with Crippen LogP contribution in [0.2, 0.25) is 0 Å². The minimum absolute atomic E-state index is 0.0196. The maximum Gasteiger partial charge on any atom is 0.244 e. The molecular formula is C17H27NO3S. The van der Waals surface area contributed by atoms with Gasteiger partial charge in [-0.15, -0.1) is 0 Å². The first-order valence-electron chi connectivity index (χ1n) is 8.05. The van der Waals surface area contributed by atoms with E-state index in [2.05, 4.69) is 25.5 Å². The van der Waals surface area contributed by atoms with Gasteiger partial charge in [0.25, 0.3) is 0 Å². The zero-order chi connectivity index (χ0) is 16.3. The van der Waals surface area contributed by atoms with Crippen molar-refractivity contribution in [2.75, 3.05) is 7.11 Å². The topological polar surface area (TPSA) is 55.4 Å². The molecule has 0 bridgehead atoms. The third-order valence-electron chi connectivity index (χ3n) is 4.56. The van der Waals surface area contributed by atoms with E-state index < -0.39 is 10.0 Å². The molecule has 5 heteroatoms. The zero-order valence-corrected chi connectivity index (χ0v) is 14.7. The molecule has 1 fully saturated rings. The van der Waals surface area contributed by atoms with Crippen molar-refractivity contribution >= 4 is 10.0 Å². The lowest BCUT2D eigenvalue weighted by molar-refractivity contribution is 0.310. The second kappa shape index (κ2) is 7.01. The van der Waals surface area contributed by atoms with Crippen molar-refractivity contribution in [3.05, 3.63) is 23.8 Å². The fraction of sp³-hybridized carbons (Fsp3) is 0.647. The molecule has 1 aliphatic rings. The molecule has 124 valence electrons. The highest BCUT2D eigenvalue weighted by atomic mass is 32.2. The summed E-state index contributed by atoms with van der Waals surface area (Å²) in [7, 11) is -2.06. The van der Waals surface area contributed by atoms with Crippen LogP contribution in [0.1, 0.15) is 57.9 Å². The zero-order valence-electron chi connectivity index (χ0n) is 13.9. The van der Waals surface area contributed by atoms with E-state index in [1.807, 2.05) is 6.07 Å². The average Bonchev–Trinajstić information content (AvgIpc) is 2.48. The van der Waals surface area contributed by atoms with Crippen LogP contribution < -0.4 is 9.46 Å². The van der Waals surface area contributed by atoms with Crippen molar-refractivity contribution in [1.29, 1.82) is 0 Å². The Balaban J connectivity index is 2.33. The molecule has 0 aliphatic heterocycles. The second-order valence-corrected chi connectivity index (χ2v) is 8.24. The quantitative estimate of drug-likeness (QED) is 0.898. The summed E-state index contributed by atoms with van der Waals surface area (Å²) < 4.78 is 33.8. The van der Waals surface area contributed by atoms with Crippen molar-refractivity contribution in [3.63, 3.8) is 0 Å². The van der Waals surface area contributed by atoms with Gasteiger partial charge in [-0.25, -0.2) is 13.1 Å². The van der Waals surface area contributed by atoms with Crippen LogP contribution in [0.3, 0.4) is 0 Å². The molecule has 1 aromatic rings. The van der Waals surface area contributed by atoms with Gasteiger partial charge in [0.2, 0.25) is 10.0 Å². The van der Waals surface area contributed by atoms with Gasteiger partial charge in [0, 0.05) is 6.04 Å². The molecule has 0 aromatic heterocycles. The smallest absolute Gasteiger partial charge is 0.244 e. The van der Waals surface area contributed by atoms with Gasteiger partial charge in [0.1, 0.15) is 10.6 Å². The van der Waals surface area contributed by atoms with Crippen LogP contribution in [0, 0.1) is 5.92 Å². The average molecular weight is 325 g/mol. The normalized spacial score (nSPS) is 22.8. The Hall–Kier alpha value is -1.07. The molecule has 1 aliphatic carbocycles. The molecule has 1 N–H and O–H groups in total. The molecule has 2 unspecified atom stereocenters. The van der Waals surface area contributed by atoms with Crippen LogP contribution in [0.4, 0.5) is 0 Å². The van der Waals surface area contributed by atoms with Gasteiger partial charge in [0.05, 0.1) is 7.11 Å². The lowest BCUT2D eigenvalue weighted by Crippen LogP contribution is -2.41. The fourth-order valence-corrected chi connectivity index (χ4v) is 4.60. The first-order chi connectivity index (χ1) is 10.3. The van der Waals surface area contributed by atoms with E-state index in [1.54, 1.807) is 12.1 Å². The number of sulfonamides is 1. The number of benzene rings is 1. The maximum atomic E-state index is 12.8. The van der Waals surface area contributed by atoms with Crippen molar-refractivity contribution in [2.24, 2.45) is 5.92 Å². The van der Waals surface area contributed by atoms with Crippen molar-refractivity contribution in [1.82, 2.24) is 4.72 Å². The van der Waals surface area contributed by atoms with E-state index >= 15 is 0 Å². The summed E-state index contributed by atoms with van der Waals surface area (Å²) in [6, 6.07) is 5.42. The monoisotopic (exact) mass is 325 g/mol. The molecule has 0 amide bonds. The van der Waals surface area contributed by atoms with E-state index in [-0.39, 0.29) is 16.9 Å². The van der Waals surface area contributed by atoms with Gasteiger partial charge < -0.3 is 4.74 Å². The van der Waals surface area contributed by atoms with Gasteiger partial charge in [-0.05, 0) is 42.4 Å². The van der Waals surface area contributed by atoms with Crippen molar-refractivity contribution in [2.45, 2.75) is 63.3 Å². The standard InChI is InChI=1S/C17H27NO3S/c1-12(2)14-9-10-16(21-4)17(11-14)22(19,20)18-15-8-6-5-7-13(15)3/h9-13,15,18H,5-8H2,1-4H3. The van der Waals surface area contributed by atoms with E-state index in [0.717, 1.165) is 24.8 Å². The SMILES string of the molecule is COc1ccc(C(C)C)cc1S(=O)(=O)NC1CCCCC1C. The minimum Gasteiger partial charge on any atom is -0.495 e. The Kier molecular flexibility index (Phi) is 5.50. The van der Waals surface area contributed by atoms with Gasteiger partial charge in [-0.3, -0.25) is 0 Å². The van der Waals surface area contributed by atoms with E-state index in [4.69, 9.17) is 4.74 Å². The molecule has 0 saturated heterocycles. The predicted molar refractivity (Wildman–Crippen MR) is 88.8 cm³/mol. The first-order valence-corrected chi connectivity index (χ1v) is 9.53. The van der Waals surface area contributed by atoms with Gasteiger partial charge >= 0.3 is 0 Å². The van der Waals surface area contributed by atoms with E-state index in [0.29, 0.717) is 11.7 Å². The first kappa shape index (κ1) is 17.3. The molecule has 4 nitrogen and oxygen atoms in total. The van der Waals surface area contributed by atoms with Crippen LogP contribution >= 0.6 is 0 Å². The summed E-state index contributed by atoms with van der Waals surface area (Å²) in [4.78, 5) is 0.249. The number of hydrogen-bond acceptors (Lipinski definition) is 3. The van der Waals surface area contributed by atoms with Crippen molar-refractivity contribution in [3.8, 4) is 5.75 Å². The number of rotatable bonds is 5. The highest BCUT2D eigenvalue weighted by Gasteiger charge is 2.28. The molecular weight excluding hydrogens is 298 g/mol. The number of methoxy groups -OCH3 is 1. The molecule has 22 heavy (non-hydrogen) atoms. The fourth-order valence-electron chi connectivity index (χ4n) is 3.02. The number of hydrogen-bond donors (Lipinski definition) is 1. The molecule has 0 heterocycles. The summed E-state index contributed by atoms with van der Waals surface area (Å²) in [6.45, 7) is 6.22. The van der Waals surface area contributed by atoms with Gasteiger partial charge in [0.15, 0.2) is 0 Å². The Bertz CT molecular complexity index is 610. The van der Waals surface area contributed by atoms with Crippen LogP contribution in [0.25, 0.3) is 0 Å². The molecule has 2 rings (SSSR count). The van der Waals surface area contributed by atoms with Crippen molar-refractivity contribution < 1.29 is 13.2 Å². The Morgan fingerprint density at radius 2 is 1.91 bits per heavy atom. The summed E-state index contributed by atoms with van der Waals surface area (Å²) in [5.74, 6) is 1.05. The Labute approximate surface area is 134 Å². The summed E-state index contributed by atoms with van der Waals surface area (Å²) in [6.07, 6.45) is 4.26. The number of ether oxygens (including phenoxy) is 1. The molecule has 0 radical (unpaired) electrons. The maximum absolute atomic E-state index is 12.8. The van der Waals surface area contributed by atoms with Gasteiger partial charge in [-0.1, -0.05) is 39.7 Å². The second-order valence-electron chi connectivity index (χ2n) is 6.55. The lowest BCUT2D eigenvalue weighted by atomic mass is 9.87. The van der Waals surface area contributed by atoms with Gasteiger partial charge in [-0.2, -0.15) is 0 Å². The third-order valence-corrected chi connectivity index (χ3v) is 6.07. The third kappa shape index (κ3) is 3.82. The van der Waals surface area contributed by atoms with Crippen LogP contribution in [-0.4, -0.2) is 21.6 Å². The summed E-state index contributed by atoms with van der Waals surface area (Å²) in [5.41, 5.74) is 0.998. The Morgan fingerprint density at radius 3 is 2.50 bits per heavy atom. The lowest BCUT2D eigenvalue weighted by Gasteiger charge is -2.29. The van der Waals surface area contributed by atoms with Crippen LogP contribution in [0.5, 0.6) is 5.75 Å². The van der Waals surface area contributed by atoms with Crippen LogP contribution in [-0.2, 0) is 10.0 Å². The molecule has 1 aromatic carbocycles. The van der Waals surface area contributed by atoms with Crippen LogP contribution in [0.15, 0.2) is 23.1 Å². The molecule has 1 saturated carbocycles. The number of nitrogens with one attached hydrogen (secondary N) is 1. The Morgan fingerprint density at radius 1 is 1.23 bits per heavy atom. The van der Waals surface area contributed by atoms with E-state index in [1.165, 1.54) is 13.5 Å². The highest BCUT2D eigenvalue weighted by molar-refractivity contribution is 7.89. The molecule has 2 atom stereocenters. The molecule has 0 spiro atoms.